The number of nitrogens with zero attached hydrogens (tertiary/aromatic N) is 2. The topological polar surface area (TPSA) is 23.6 Å². The zero-order valence-electron chi connectivity index (χ0n) is 13.4. The summed E-state index contributed by atoms with van der Waals surface area (Å²) in [6.45, 7) is 9.27. The SMILES string of the molecule is CC(=O)N1CC[C@]2(c3ccccc3)CCN(C(C)C)C[C@H]12. The van der Waals surface area contributed by atoms with Gasteiger partial charge in [0.05, 0.1) is 6.04 Å². The third kappa shape index (κ3) is 2.38. The number of carbonyl (C=O) groups excluding carboxylic acids is 1. The first-order valence-electron chi connectivity index (χ1n) is 8.11. The van der Waals surface area contributed by atoms with Crippen LogP contribution in [0.25, 0.3) is 0 Å². The molecule has 2 heterocycles. The lowest BCUT2D eigenvalue weighted by Gasteiger charge is -2.47. The van der Waals surface area contributed by atoms with Crippen molar-refractivity contribution in [2.75, 3.05) is 19.6 Å². The number of hydrogen-bond donors (Lipinski definition) is 0. The molecule has 0 bridgehead atoms. The minimum atomic E-state index is 0.165. The molecule has 0 spiro atoms. The number of piperidine rings is 1. The first-order valence-corrected chi connectivity index (χ1v) is 8.11. The van der Waals surface area contributed by atoms with Gasteiger partial charge in [-0.3, -0.25) is 9.69 Å². The lowest BCUT2D eigenvalue weighted by Crippen LogP contribution is -2.57. The largest absolute Gasteiger partial charge is 0.338 e. The van der Waals surface area contributed by atoms with Crippen LogP contribution < -0.4 is 0 Å². The van der Waals surface area contributed by atoms with E-state index in [0.717, 1.165) is 32.5 Å². The summed E-state index contributed by atoms with van der Waals surface area (Å²) in [6.07, 6.45) is 2.26. The number of likely N-dealkylation sites (tertiary alicyclic amines) is 2. The van der Waals surface area contributed by atoms with Gasteiger partial charge < -0.3 is 4.90 Å². The molecule has 2 aliphatic heterocycles. The predicted molar refractivity (Wildman–Crippen MR) is 85.2 cm³/mol. The third-order valence-electron chi connectivity index (χ3n) is 5.55. The average molecular weight is 286 g/mol. The molecule has 2 fully saturated rings. The summed E-state index contributed by atoms with van der Waals surface area (Å²) in [5.74, 6) is 0.225. The van der Waals surface area contributed by atoms with E-state index in [9.17, 15) is 4.79 Å². The van der Waals surface area contributed by atoms with Crippen molar-refractivity contribution in [3.8, 4) is 0 Å². The third-order valence-corrected chi connectivity index (χ3v) is 5.55. The molecule has 1 amide bonds. The molecule has 114 valence electrons. The van der Waals surface area contributed by atoms with Gasteiger partial charge in [-0.05, 0) is 38.8 Å². The molecule has 3 rings (SSSR count). The normalized spacial score (nSPS) is 29.7. The molecule has 0 aromatic heterocycles. The van der Waals surface area contributed by atoms with Crippen molar-refractivity contribution in [3.05, 3.63) is 35.9 Å². The Hall–Kier alpha value is -1.35. The number of carbonyl (C=O) groups is 1. The molecule has 2 aliphatic rings. The molecular formula is C18H26N2O. The fraction of sp³-hybridized carbons (Fsp3) is 0.611. The molecule has 21 heavy (non-hydrogen) atoms. The Morgan fingerprint density at radius 1 is 1.19 bits per heavy atom. The van der Waals surface area contributed by atoms with E-state index in [-0.39, 0.29) is 11.3 Å². The second kappa shape index (κ2) is 5.45. The van der Waals surface area contributed by atoms with E-state index in [0.29, 0.717) is 12.1 Å². The van der Waals surface area contributed by atoms with Crippen molar-refractivity contribution in [1.29, 1.82) is 0 Å². The van der Waals surface area contributed by atoms with Gasteiger partial charge in [0, 0.05) is 31.5 Å². The molecule has 0 radical (unpaired) electrons. The van der Waals surface area contributed by atoms with Crippen molar-refractivity contribution in [2.45, 2.75) is 51.1 Å². The molecule has 2 atom stereocenters. The zero-order chi connectivity index (χ0) is 15.0. The lowest BCUT2D eigenvalue weighted by atomic mass is 9.69. The van der Waals surface area contributed by atoms with Crippen molar-refractivity contribution in [2.24, 2.45) is 0 Å². The smallest absolute Gasteiger partial charge is 0.219 e. The van der Waals surface area contributed by atoms with Crippen LogP contribution in [0.15, 0.2) is 30.3 Å². The molecule has 2 saturated heterocycles. The summed E-state index contributed by atoms with van der Waals surface area (Å²) in [5, 5.41) is 0. The first-order chi connectivity index (χ1) is 10.0. The Labute approximate surface area is 127 Å². The van der Waals surface area contributed by atoms with E-state index >= 15 is 0 Å². The molecule has 0 saturated carbocycles. The monoisotopic (exact) mass is 286 g/mol. The van der Waals surface area contributed by atoms with E-state index in [4.69, 9.17) is 0 Å². The maximum atomic E-state index is 12.1. The summed E-state index contributed by atoms with van der Waals surface area (Å²) >= 11 is 0. The van der Waals surface area contributed by atoms with Gasteiger partial charge in [-0.15, -0.1) is 0 Å². The van der Waals surface area contributed by atoms with Crippen LogP contribution in [0.3, 0.4) is 0 Å². The minimum absolute atomic E-state index is 0.165. The van der Waals surface area contributed by atoms with E-state index < -0.39 is 0 Å². The van der Waals surface area contributed by atoms with Gasteiger partial charge in [0.2, 0.25) is 5.91 Å². The molecule has 0 unspecified atom stereocenters. The van der Waals surface area contributed by atoms with Crippen LogP contribution in [0, 0.1) is 0 Å². The molecule has 0 N–H and O–H groups in total. The number of benzene rings is 1. The van der Waals surface area contributed by atoms with Gasteiger partial charge in [-0.2, -0.15) is 0 Å². The van der Waals surface area contributed by atoms with Gasteiger partial charge in [0.25, 0.3) is 0 Å². The highest BCUT2D eigenvalue weighted by atomic mass is 16.2. The highest BCUT2D eigenvalue weighted by molar-refractivity contribution is 5.74. The molecule has 0 aliphatic carbocycles. The van der Waals surface area contributed by atoms with Crippen molar-refractivity contribution in [3.63, 3.8) is 0 Å². The van der Waals surface area contributed by atoms with Crippen LogP contribution in [0.1, 0.15) is 39.2 Å². The Morgan fingerprint density at radius 2 is 1.86 bits per heavy atom. The van der Waals surface area contributed by atoms with Crippen LogP contribution >= 0.6 is 0 Å². The van der Waals surface area contributed by atoms with Gasteiger partial charge >= 0.3 is 0 Å². The van der Waals surface area contributed by atoms with Gasteiger partial charge in [-0.1, -0.05) is 30.3 Å². The summed E-state index contributed by atoms with van der Waals surface area (Å²) in [5.41, 5.74) is 1.58. The Bertz CT molecular complexity index is 513. The highest BCUT2D eigenvalue weighted by Gasteiger charge is 2.52. The zero-order valence-corrected chi connectivity index (χ0v) is 13.4. The van der Waals surface area contributed by atoms with Crippen LogP contribution in [0.2, 0.25) is 0 Å². The van der Waals surface area contributed by atoms with E-state index in [1.807, 2.05) is 0 Å². The fourth-order valence-corrected chi connectivity index (χ4v) is 4.26. The Balaban J connectivity index is 1.97. The molecule has 3 heteroatoms. The van der Waals surface area contributed by atoms with Crippen molar-refractivity contribution < 1.29 is 4.79 Å². The number of fused-ring (bicyclic) bond motifs is 1. The summed E-state index contributed by atoms with van der Waals surface area (Å²) < 4.78 is 0. The van der Waals surface area contributed by atoms with Crippen molar-refractivity contribution >= 4 is 5.91 Å². The summed E-state index contributed by atoms with van der Waals surface area (Å²) in [6, 6.07) is 11.7. The van der Waals surface area contributed by atoms with Crippen molar-refractivity contribution in [1.82, 2.24) is 9.80 Å². The maximum absolute atomic E-state index is 12.1. The molecule has 1 aromatic carbocycles. The van der Waals surface area contributed by atoms with E-state index in [2.05, 4.69) is 54.0 Å². The second-order valence-corrected chi connectivity index (χ2v) is 6.84. The Kier molecular flexibility index (Phi) is 3.78. The number of amides is 1. The predicted octanol–water partition coefficient (Wildman–Crippen LogP) is 2.66. The second-order valence-electron chi connectivity index (χ2n) is 6.84. The molecule has 1 aromatic rings. The van der Waals surface area contributed by atoms with E-state index in [1.54, 1.807) is 6.92 Å². The van der Waals surface area contributed by atoms with Gasteiger partial charge in [-0.25, -0.2) is 0 Å². The van der Waals surface area contributed by atoms with E-state index in [1.165, 1.54) is 5.56 Å². The fourth-order valence-electron chi connectivity index (χ4n) is 4.26. The molecule has 3 nitrogen and oxygen atoms in total. The van der Waals surface area contributed by atoms with Gasteiger partial charge in [0.1, 0.15) is 0 Å². The number of rotatable bonds is 2. The standard InChI is InChI=1S/C18H26N2O/c1-14(2)19-11-9-18(16-7-5-4-6-8-16)10-12-20(15(3)21)17(18)13-19/h4-8,14,17H,9-13H2,1-3H3/t17-,18-/m0/s1. The average Bonchev–Trinajstić information content (AvgIpc) is 2.88. The molecular weight excluding hydrogens is 260 g/mol. The minimum Gasteiger partial charge on any atom is -0.338 e. The van der Waals surface area contributed by atoms with Gasteiger partial charge in [0.15, 0.2) is 0 Å². The van der Waals surface area contributed by atoms with Crippen LogP contribution in [0.5, 0.6) is 0 Å². The van der Waals surface area contributed by atoms with Crippen LogP contribution in [-0.4, -0.2) is 47.4 Å². The summed E-state index contributed by atoms with van der Waals surface area (Å²) in [7, 11) is 0. The number of hydrogen-bond acceptors (Lipinski definition) is 2. The quantitative estimate of drug-likeness (QED) is 0.834. The Morgan fingerprint density at radius 3 is 2.48 bits per heavy atom. The maximum Gasteiger partial charge on any atom is 0.219 e. The summed E-state index contributed by atoms with van der Waals surface area (Å²) in [4.78, 5) is 16.7. The first kappa shape index (κ1) is 14.6. The lowest BCUT2D eigenvalue weighted by molar-refractivity contribution is -0.131. The highest BCUT2D eigenvalue weighted by Crippen LogP contribution is 2.46. The van der Waals surface area contributed by atoms with Crippen LogP contribution in [-0.2, 0) is 10.2 Å². The van der Waals surface area contributed by atoms with Crippen LogP contribution in [0.4, 0.5) is 0 Å².